The maximum atomic E-state index is 14.3. The third kappa shape index (κ3) is 14.6. The van der Waals surface area contributed by atoms with E-state index in [2.05, 4.69) is 34.9 Å². The van der Waals surface area contributed by atoms with Crippen molar-refractivity contribution in [1.29, 1.82) is 0 Å². The first kappa shape index (κ1) is 75.6. The molecule has 0 atom stereocenters. The summed E-state index contributed by atoms with van der Waals surface area (Å²) in [5.41, 5.74) is 12.6. The minimum atomic E-state index is -3.91. The largest absolute Gasteiger partial charge is 0.472 e. The molecule has 0 saturated heterocycles. The van der Waals surface area contributed by atoms with Crippen LogP contribution < -0.4 is 0 Å². The fraction of sp³-hybridized carbons (Fsp3) is 0.0119. The van der Waals surface area contributed by atoms with Gasteiger partial charge in [0.15, 0.2) is 22.6 Å². The van der Waals surface area contributed by atoms with Crippen LogP contribution in [0, 0.1) is 11.6 Å². The summed E-state index contributed by atoms with van der Waals surface area (Å²) in [6, 6.07) is 55.7. The van der Waals surface area contributed by atoms with Crippen molar-refractivity contribution in [1.82, 2.24) is 55.3 Å². The van der Waals surface area contributed by atoms with Crippen LogP contribution in [0.2, 0.25) is 0 Å². The zero-order chi connectivity index (χ0) is 79.9. The Hall–Kier alpha value is -13.1. The Balaban J connectivity index is 0.000000111. The van der Waals surface area contributed by atoms with E-state index < -0.39 is 51.7 Å². The second kappa shape index (κ2) is 31.4. The van der Waals surface area contributed by atoms with Gasteiger partial charge in [0, 0.05) is 174 Å². The van der Waals surface area contributed by atoms with Gasteiger partial charge in [-0.15, -0.1) is 45.3 Å². The number of benzene rings is 5. The summed E-state index contributed by atoms with van der Waals surface area (Å²) in [5.74, 6) is -1.06. The Bertz CT molecular complexity index is 7200. The molecule has 15 aromatic heterocycles. The predicted molar refractivity (Wildman–Crippen MR) is 447 cm³/mol. The van der Waals surface area contributed by atoms with E-state index in [0.717, 1.165) is 85.3 Å². The lowest BCUT2D eigenvalue weighted by Crippen LogP contribution is -2.12. The number of aryl methyl sites for hydroxylation is 1. The number of thiophene rings is 2. The lowest BCUT2D eigenvalue weighted by atomic mass is 10.0. The maximum absolute atomic E-state index is 14.3. The molecule has 0 N–H and O–H groups in total. The van der Waals surface area contributed by atoms with Gasteiger partial charge < -0.3 is 13.4 Å². The molecule has 116 heavy (non-hydrogen) atoms. The second-order valence-corrected chi connectivity index (χ2v) is 36.7. The standard InChI is InChI=1S/C22H13F2N3O2S2.C22H17N3O3S.C20H13N3O3S2.C20H13N3O2S3/c23-15-6-7-17(20(24)9-15)14-8-18-19(21-11-25-13-30-21)12-27(22(18)26-10-14)31(28,29)16-4-2-1-3-5-16;1-24-9-7-16(13-24)18-11-20-21(17-8-10-28-15-17)14-25(22(20)23-12-18)29(26,27)19-5-3-2-4-6-19;24-28(25,15-5-2-1-3-6-15)23-13-17(20-21-8-9-26-20)16-11-14(12-22-19(16)23)18-7-4-10-27-18;24-28(25,15-5-2-1-3-6-15)23-12-17(19-11-21-13-27-19)16-9-14(10-22-20(16)23)18-7-4-8-26-18/h1-13H;2-15H,1H3;2*1-13H. The van der Waals surface area contributed by atoms with Gasteiger partial charge in [0.05, 0.1) is 64.6 Å². The molecule has 0 bridgehead atoms. The van der Waals surface area contributed by atoms with Gasteiger partial charge in [0.1, 0.15) is 17.9 Å². The first-order valence-electron chi connectivity index (χ1n) is 34.9. The number of halogens is 2. The molecule has 0 aliphatic rings. The highest BCUT2D eigenvalue weighted by atomic mass is 32.2. The summed E-state index contributed by atoms with van der Waals surface area (Å²) >= 11 is 6.03. The quantitative estimate of drug-likeness (QED) is 0.0869. The highest BCUT2D eigenvalue weighted by Gasteiger charge is 2.29. The molecule has 574 valence electrons. The first-order chi connectivity index (χ1) is 56.3. The number of furan rings is 1. The van der Waals surface area contributed by atoms with Crippen LogP contribution in [0.3, 0.4) is 0 Å². The number of hydrogen-bond acceptors (Lipinski definition) is 21. The van der Waals surface area contributed by atoms with Gasteiger partial charge in [0.2, 0.25) is 5.89 Å². The Morgan fingerprint density at radius 3 is 1.17 bits per heavy atom. The van der Waals surface area contributed by atoms with Gasteiger partial charge in [-0.2, -0.15) is 0 Å². The topological polar surface area (TPSA) is 278 Å². The molecule has 0 radical (unpaired) electrons. The Morgan fingerprint density at radius 2 is 0.776 bits per heavy atom. The fourth-order valence-electron chi connectivity index (χ4n) is 13.0. The molecule has 0 fully saturated rings. The van der Waals surface area contributed by atoms with Crippen LogP contribution in [0.25, 0.3) is 131 Å². The predicted octanol–water partition coefficient (Wildman–Crippen LogP) is 19.7. The Morgan fingerprint density at radius 1 is 0.353 bits per heavy atom. The van der Waals surface area contributed by atoms with Gasteiger partial charge in [-0.05, 0) is 120 Å². The summed E-state index contributed by atoms with van der Waals surface area (Å²) < 4.78 is 151. The van der Waals surface area contributed by atoms with E-state index in [-0.39, 0.29) is 30.8 Å². The van der Waals surface area contributed by atoms with Crippen LogP contribution in [0.15, 0.2) is 350 Å². The van der Waals surface area contributed by atoms with Crippen molar-refractivity contribution in [2.24, 2.45) is 7.05 Å². The van der Waals surface area contributed by atoms with E-state index in [1.165, 1.54) is 83.8 Å². The lowest BCUT2D eigenvalue weighted by molar-refractivity contribution is 0.568. The first-order valence-corrected chi connectivity index (χ1v) is 44.2. The van der Waals surface area contributed by atoms with Gasteiger partial charge in [0.25, 0.3) is 40.1 Å². The molecule has 0 saturated carbocycles. The molecule has 0 aliphatic carbocycles. The average Bonchev–Trinajstić information content (AvgIpc) is 1.61. The average molecular weight is 1690 g/mol. The molecule has 0 amide bonds. The fourth-order valence-corrected chi connectivity index (χ4v) is 21.1. The number of oxazole rings is 1. The van der Waals surface area contributed by atoms with Gasteiger partial charge in [-0.1, -0.05) is 84.9 Å². The molecule has 0 aliphatic heterocycles. The van der Waals surface area contributed by atoms with Crippen LogP contribution in [-0.4, -0.2) is 89.0 Å². The smallest absolute Gasteiger partial charge is 0.269 e. The van der Waals surface area contributed by atoms with Gasteiger partial charge >= 0.3 is 0 Å². The number of fused-ring (bicyclic) bond motifs is 4. The third-order valence-electron chi connectivity index (χ3n) is 18.6. The molecule has 20 rings (SSSR count). The zero-order valence-electron chi connectivity index (χ0n) is 60.1. The van der Waals surface area contributed by atoms with Crippen molar-refractivity contribution in [3.63, 3.8) is 0 Å². The highest BCUT2D eigenvalue weighted by molar-refractivity contribution is 7.91. The molecule has 22 nitrogen and oxygen atoms in total. The van der Waals surface area contributed by atoms with E-state index in [4.69, 9.17) is 8.83 Å². The highest BCUT2D eigenvalue weighted by Crippen LogP contribution is 2.42. The number of aromatic nitrogens is 12. The van der Waals surface area contributed by atoms with Crippen molar-refractivity contribution in [2.45, 2.75) is 19.6 Å². The maximum Gasteiger partial charge on any atom is 0.269 e. The number of pyridine rings is 4. The minimum absolute atomic E-state index is 0.123. The van der Waals surface area contributed by atoms with Crippen LogP contribution in [-0.2, 0) is 47.1 Å². The van der Waals surface area contributed by atoms with E-state index in [1.54, 1.807) is 205 Å². The molecule has 0 spiro atoms. The van der Waals surface area contributed by atoms with Crippen molar-refractivity contribution in [2.75, 3.05) is 0 Å². The van der Waals surface area contributed by atoms with E-state index in [9.17, 15) is 42.5 Å². The van der Waals surface area contributed by atoms with Gasteiger partial charge in [-0.3, -0.25) is 9.97 Å². The number of nitrogens with zero attached hydrogens (tertiary/aromatic N) is 12. The molecule has 5 aromatic carbocycles. The zero-order valence-corrected chi connectivity index (χ0v) is 66.6. The SMILES string of the molecule is Cn1ccc(-c2cnc3c(c2)c(-c2ccoc2)cn3S(=O)(=O)c2ccccc2)c1.O=S(=O)(c1ccccc1)n1cc(-c2cncs2)c2cc(-c3ccc(F)cc3F)cnc21.O=S(=O)(c1ccccc1)n1cc(-c2cncs2)c2cc(-c3cccs3)cnc21.O=S(=O)(c1ccccc1)n1cc(-c2ncco2)c2cc(-c3cccs3)cnc21. The summed E-state index contributed by atoms with van der Waals surface area (Å²) in [6.07, 6.45) is 26.3. The molecule has 15 heterocycles. The van der Waals surface area contributed by atoms with E-state index in [1.807, 2.05) is 89.4 Å². The minimum Gasteiger partial charge on any atom is -0.472 e. The van der Waals surface area contributed by atoms with Gasteiger partial charge in [-0.25, -0.2) is 83.3 Å². The molecule has 32 heteroatoms. The van der Waals surface area contributed by atoms with Crippen LogP contribution in [0.5, 0.6) is 0 Å². The Labute approximate surface area is 677 Å². The van der Waals surface area contributed by atoms with Crippen molar-refractivity contribution in [3.8, 4) is 86.6 Å². The number of hydrogen-bond donors (Lipinski definition) is 0. The third-order valence-corrected chi connectivity index (χ3v) is 28.7. The number of rotatable bonds is 16. The number of thiazole rings is 2. The molecule has 20 aromatic rings. The van der Waals surface area contributed by atoms with Crippen molar-refractivity contribution < 1.29 is 51.3 Å². The Kier molecular flexibility index (Phi) is 20.5. The molecular weight excluding hydrogens is 1630 g/mol. The summed E-state index contributed by atoms with van der Waals surface area (Å²) in [5, 5.41) is 6.70. The normalized spacial score (nSPS) is 11.9. The lowest BCUT2D eigenvalue weighted by Gasteiger charge is -2.08. The molecule has 0 unspecified atom stereocenters. The van der Waals surface area contributed by atoms with Crippen molar-refractivity contribution in [3.05, 3.63) is 333 Å². The van der Waals surface area contributed by atoms with E-state index >= 15 is 0 Å². The summed E-state index contributed by atoms with van der Waals surface area (Å²) in [6.45, 7) is 0. The molecular formula is C84H56F2N12O10S8. The van der Waals surface area contributed by atoms with Crippen LogP contribution in [0.4, 0.5) is 8.78 Å². The second-order valence-electron chi connectivity index (χ2n) is 25.7. The van der Waals surface area contributed by atoms with Crippen LogP contribution >= 0.6 is 45.3 Å². The summed E-state index contributed by atoms with van der Waals surface area (Å²) in [7, 11) is -13.3. The van der Waals surface area contributed by atoms with Crippen molar-refractivity contribution >= 4 is 130 Å². The van der Waals surface area contributed by atoms with Crippen LogP contribution in [0.1, 0.15) is 0 Å². The monoisotopic (exact) mass is 1690 g/mol. The summed E-state index contributed by atoms with van der Waals surface area (Å²) in [4.78, 5) is 34.9. The van der Waals surface area contributed by atoms with E-state index in [0.29, 0.717) is 50.3 Å².